The molecule has 0 unspecified atom stereocenters. The van der Waals surface area contributed by atoms with E-state index < -0.39 is 24.5 Å². The molecule has 1 aliphatic carbocycles. The maximum Gasteiger partial charge on any atom is 0.309 e. The first-order chi connectivity index (χ1) is 15.7. The van der Waals surface area contributed by atoms with Crippen LogP contribution in [0.4, 0.5) is 11.6 Å². The summed E-state index contributed by atoms with van der Waals surface area (Å²) in [6.45, 7) is 11.5. The minimum atomic E-state index is -1.22. The van der Waals surface area contributed by atoms with E-state index in [0.717, 1.165) is 23.6 Å². The number of aliphatic hydroxyl groups is 2. The molecule has 0 radical (unpaired) electrons. The summed E-state index contributed by atoms with van der Waals surface area (Å²) in [5.41, 5.74) is 0. The van der Waals surface area contributed by atoms with E-state index in [1.165, 1.54) is 24.6 Å². The van der Waals surface area contributed by atoms with Gasteiger partial charge in [-0.2, -0.15) is 0 Å². The van der Waals surface area contributed by atoms with Crippen molar-refractivity contribution in [3.05, 3.63) is 17.4 Å². The lowest BCUT2D eigenvalue weighted by atomic mass is 9.99. The minimum Gasteiger partial charge on any atom is -0.463 e. The van der Waals surface area contributed by atoms with Crippen LogP contribution in [0.5, 0.6) is 0 Å². The molecule has 10 heteroatoms. The number of nitrogens with one attached hydrogen (secondary N) is 1. The minimum absolute atomic E-state index is 0.137. The monoisotopic (exact) mass is 478 g/mol. The molecule has 3 N–H and O–H groups in total. The highest BCUT2D eigenvalue weighted by atomic mass is 32.2. The Hall–Kier alpha value is -1.88. The Morgan fingerprint density at radius 1 is 1.27 bits per heavy atom. The van der Waals surface area contributed by atoms with E-state index in [0.29, 0.717) is 22.7 Å². The number of ether oxygens (including phenoxy) is 2. The number of carbonyl (C=O) groups excluding carboxylic acids is 1. The average molecular weight is 479 g/mol. The maximum absolute atomic E-state index is 12.2. The Kier molecular flexibility index (Phi) is 7.18. The van der Waals surface area contributed by atoms with Crippen LogP contribution >= 0.6 is 11.8 Å². The number of aromatic nitrogens is 2. The van der Waals surface area contributed by atoms with Crippen LogP contribution in [-0.2, 0) is 14.3 Å². The summed E-state index contributed by atoms with van der Waals surface area (Å²) in [5, 5.41) is 25.6. The smallest absolute Gasteiger partial charge is 0.309 e. The molecule has 33 heavy (non-hydrogen) atoms. The van der Waals surface area contributed by atoms with Gasteiger partial charge in [0.15, 0.2) is 12.0 Å². The standard InChI is InChI=1S/C23H34N4O5S/c1-11(2)12(3)23(30)31-10-16-17(28)18(29)22(32-16)27-14(5)33-19-20(24-13(4)25-21(19)27)26-15-8-6-7-9-15/h11-12,15-18,22,28-29H,5-10H2,1-4H3,(H,24,25,26)/t12-,16+,17+,18+,22+/m0/s1. The van der Waals surface area contributed by atoms with Crippen LogP contribution in [0.25, 0.3) is 0 Å². The van der Waals surface area contributed by atoms with Gasteiger partial charge >= 0.3 is 5.97 Å². The molecule has 1 aromatic rings. The number of esters is 1. The highest BCUT2D eigenvalue weighted by Gasteiger charge is 2.49. The van der Waals surface area contributed by atoms with Crippen LogP contribution in [0.1, 0.15) is 52.3 Å². The van der Waals surface area contributed by atoms with Crippen LogP contribution in [-0.4, -0.2) is 63.3 Å². The summed E-state index contributed by atoms with van der Waals surface area (Å²) in [6.07, 6.45) is 0.448. The van der Waals surface area contributed by atoms with Gasteiger partial charge in [-0.25, -0.2) is 9.97 Å². The second-order valence-corrected chi connectivity index (χ2v) is 10.6. The van der Waals surface area contributed by atoms with Gasteiger partial charge in [0.05, 0.1) is 15.8 Å². The molecular formula is C23H34N4O5S. The molecule has 3 aliphatic rings. The summed E-state index contributed by atoms with van der Waals surface area (Å²) in [4.78, 5) is 24.0. The average Bonchev–Trinajstić information content (AvgIpc) is 3.46. The number of aliphatic hydroxyl groups excluding tert-OH is 2. The normalized spacial score (nSPS) is 28.5. The summed E-state index contributed by atoms with van der Waals surface area (Å²) in [7, 11) is 0. The number of nitrogens with zero attached hydrogens (tertiary/aromatic N) is 3. The first-order valence-electron chi connectivity index (χ1n) is 11.7. The highest BCUT2D eigenvalue weighted by molar-refractivity contribution is 8.03. The first kappa shape index (κ1) is 24.3. The molecule has 1 saturated heterocycles. The summed E-state index contributed by atoms with van der Waals surface area (Å²) >= 11 is 1.42. The van der Waals surface area contributed by atoms with Crippen molar-refractivity contribution in [3.63, 3.8) is 0 Å². The predicted molar refractivity (Wildman–Crippen MR) is 126 cm³/mol. The van der Waals surface area contributed by atoms with Gasteiger partial charge in [-0.05, 0) is 25.7 Å². The molecule has 5 atom stereocenters. The molecule has 1 saturated carbocycles. The van der Waals surface area contributed by atoms with Crippen molar-refractivity contribution in [1.82, 2.24) is 9.97 Å². The predicted octanol–water partition coefficient (Wildman–Crippen LogP) is 2.80. The fourth-order valence-corrected chi connectivity index (χ4v) is 5.32. The van der Waals surface area contributed by atoms with Crippen LogP contribution in [0.2, 0.25) is 0 Å². The van der Waals surface area contributed by atoms with Gasteiger partial charge in [-0.1, -0.05) is 52.0 Å². The van der Waals surface area contributed by atoms with Crippen molar-refractivity contribution in [2.45, 2.75) is 88.9 Å². The van der Waals surface area contributed by atoms with Crippen LogP contribution < -0.4 is 10.2 Å². The molecule has 9 nitrogen and oxygen atoms in total. The summed E-state index contributed by atoms with van der Waals surface area (Å²) in [5.74, 6) is 1.48. The van der Waals surface area contributed by atoms with E-state index in [9.17, 15) is 15.0 Å². The fourth-order valence-electron chi connectivity index (χ4n) is 4.36. The third kappa shape index (κ3) is 4.84. The molecule has 0 spiro atoms. The second kappa shape index (κ2) is 9.77. The molecule has 3 heterocycles. The third-order valence-electron chi connectivity index (χ3n) is 6.73. The topological polar surface area (TPSA) is 117 Å². The van der Waals surface area contributed by atoms with E-state index in [4.69, 9.17) is 9.47 Å². The largest absolute Gasteiger partial charge is 0.463 e. The molecular weight excluding hydrogens is 444 g/mol. The Bertz CT molecular complexity index is 907. The van der Waals surface area contributed by atoms with Gasteiger partial charge in [-0.15, -0.1) is 0 Å². The zero-order chi connectivity index (χ0) is 23.9. The molecule has 1 aromatic heterocycles. The highest BCUT2D eigenvalue weighted by Crippen LogP contribution is 2.50. The molecule has 0 aromatic carbocycles. The van der Waals surface area contributed by atoms with Gasteiger partial charge in [0.2, 0.25) is 0 Å². The first-order valence-corrected chi connectivity index (χ1v) is 12.5. The number of carbonyl (C=O) groups is 1. The number of rotatable bonds is 7. The lowest BCUT2D eigenvalue weighted by Crippen LogP contribution is -2.42. The van der Waals surface area contributed by atoms with Crippen molar-refractivity contribution in [2.75, 3.05) is 16.8 Å². The molecule has 2 aliphatic heterocycles. The Morgan fingerprint density at radius 3 is 2.64 bits per heavy atom. The maximum atomic E-state index is 12.2. The summed E-state index contributed by atoms with van der Waals surface area (Å²) in [6, 6.07) is 0.383. The Balaban J connectivity index is 1.51. The van der Waals surface area contributed by atoms with Gasteiger partial charge in [0.25, 0.3) is 0 Å². The quantitative estimate of drug-likeness (QED) is 0.505. The van der Waals surface area contributed by atoms with Gasteiger partial charge in [-0.3, -0.25) is 9.69 Å². The van der Waals surface area contributed by atoms with Gasteiger partial charge in [0.1, 0.15) is 36.6 Å². The lowest BCUT2D eigenvalue weighted by molar-refractivity contribution is -0.154. The summed E-state index contributed by atoms with van der Waals surface area (Å²) < 4.78 is 11.4. The van der Waals surface area contributed by atoms with E-state index in [1.54, 1.807) is 11.8 Å². The number of fused-ring (bicyclic) bond motifs is 1. The number of anilines is 2. The van der Waals surface area contributed by atoms with Crippen molar-refractivity contribution >= 4 is 29.4 Å². The van der Waals surface area contributed by atoms with E-state index >= 15 is 0 Å². The third-order valence-corrected chi connectivity index (χ3v) is 7.74. The number of thioether (sulfide) groups is 1. The van der Waals surface area contributed by atoms with Crippen molar-refractivity contribution in [2.24, 2.45) is 11.8 Å². The van der Waals surface area contributed by atoms with Crippen LogP contribution in [0, 0.1) is 18.8 Å². The van der Waals surface area contributed by atoms with Crippen LogP contribution in [0.3, 0.4) is 0 Å². The zero-order valence-electron chi connectivity index (χ0n) is 19.7. The molecule has 2 fully saturated rings. The number of hydrogen-bond donors (Lipinski definition) is 3. The number of hydrogen-bond acceptors (Lipinski definition) is 10. The fraction of sp³-hybridized carbons (Fsp3) is 0.696. The molecule has 0 bridgehead atoms. The van der Waals surface area contributed by atoms with Crippen LogP contribution in [0.15, 0.2) is 16.5 Å². The van der Waals surface area contributed by atoms with Gasteiger partial charge < -0.3 is 25.0 Å². The zero-order valence-corrected chi connectivity index (χ0v) is 20.5. The molecule has 0 amide bonds. The van der Waals surface area contributed by atoms with E-state index in [-0.39, 0.29) is 24.4 Å². The molecule has 182 valence electrons. The van der Waals surface area contributed by atoms with Crippen molar-refractivity contribution < 1.29 is 24.5 Å². The Labute approximate surface area is 199 Å². The Morgan fingerprint density at radius 2 is 1.97 bits per heavy atom. The number of aryl methyl sites for hydroxylation is 1. The van der Waals surface area contributed by atoms with Gasteiger partial charge in [0, 0.05) is 6.04 Å². The second-order valence-electron chi connectivity index (χ2n) is 9.47. The van der Waals surface area contributed by atoms with Crippen molar-refractivity contribution in [3.8, 4) is 0 Å². The SMILES string of the molecule is C=C1Sc2c(NC3CCCC3)nc(C)nc2N1[C@@H]1O[C@H](COC(=O)[C@@H](C)C(C)C)[C@@H](O)[C@H]1O. The lowest BCUT2D eigenvalue weighted by Gasteiger charge is -2.28. The van der Waals surface area contributed by atoms with Crippen molar-refractivity contribution in [1.29, 1.82) is 0 Å². The van der Waals surface area contributed by atoms with E-state index in [2.05, 4.69) is 21.9 Å². The van der Waals surface area contributed by atoms with E-state index in [1.807, 2.05) is 20.8 Å². The molecule has 4 rings (SSSR count).